The summed E-state index contributed by atoms with van der Waals surface area (Å²) in [5.41, 5.74) is 0.733. The molecule has 9 heteroatoms. The lowest BCUT2D eigenvalue weighted by atomic mass is 10.2. The minimum atomic E-state index is -0.456. The summed E-state index contributed by atoms with van der Waals surface area (Å²) in [5, 5.41) is 1.81. The number of esters is 1. The highest BCUT2D eigenvalue weighted by atomic mass is 79.9. The Morgan fingerprint density at radius 3 is 2.82 bits per heavy atom. The first-order valence-electron chi connectivity index (χ1n) is 8.33. The third kappa shape index (κ3) is 4.48. The van der Waals surface area contributed by atoms with Crippen LogP contribution in [0, 0.1) is 0 Å². The van der Waals surface area contributed by atoms with E-state index in [1.807, 2.05) is 6.92 Å². The minimum Gasteiger partial charge on any atom is -0.493 e. The lowest BCUT2D eigenvalue weighted by molar-refractivity contribution is -0.122. The van der Waals surface area contributed by atoms with Crippen LogP contribution in [0.3, 0.4) is 0 Å². The smallest absolute Gasteiger partial charge is 0.353 e. The van der Waals surface area contributed by atoms with E-state index < -0.39 is 5.97 Å². The van der Waals surface area contributed by atoms with Crippen molar-refractivity contribution in [2.45, 2.75) is 13.3 Å². The molecular weight excluding hydrogens is 482 g/mol. The first-order chi connectivity index (χ1) is 13.4. The quantitative estimate of drug-likeness (QED) is 0.232. The predicted molar refractivity (Wildman–Crippen MR) is 120 cm³/mol. The molecule has 146 valence electrons. The largest absolute Gasteiger partial charge is 0.493 e. The number of halogens is 1. The Labute approximate surface area is 184 Å². The monoisotopic (exact) mass is 497 g/mol. The number of carbonyl (C=O) groups is 2. The lowest BCUT2D eigenvalue weighted by Crippen LogP contribution is -2.28. The number of thiophene rings is 1. The Balaban J connectivity index is 1.88. The maximum absolute atomic E-state index is 12.5. The second kappa shape index (κ2) is 9.21. The Hall–Kier alpha value is -1.68. The van der Waals surface area contributed by atoms with Gasteiger partial charge < -0.3 is 9.47 Å². The molecule has 3 rings (SSSR count). The zero-order chi connectivity index (χ0) is 20.3. The van der Waals surface area contributed by atoms with Gasteiger partial charge in [0.15, 0.2) is 11.5 Å². The molecule has 2 aromatic rings. The summed E-state index contributed by atoms with van der Waals surface area (Å²) in [6.07, 6.45) is 2.59. The highest BCUT2D eigenvalue weighted by Crippen LogP contribution is 2.39. The summed E-state index contributed by atoms with van der Waals surface area (Å²) in [4.78, 5) is 27.5. The van der Waals surface area contributed by atoms with Crippen molar-refractivity contribution in [1.29, 1.82) is 0 Å². The van der Waals surface area contributed by atoms with Crippen LogP contribution in [0.25, 0.3) is 6.08 Å². The summed E-state index contributed by atoms with van der Waals surface area (Å²) >= 11 is 11.3. The van der Waals surface area contributed by atoms with Crippen molar-refractivity contribution in [2.75, 3.05) is 13.7 Å². The van der Waals surface area contributed by atoms with Gasteiger partial charge in [-0.25, -0.2) is 4.79 Å². The summed E-state index contributed by atoms with van der Waals surface area (Å²) in [7, 11) is 1.49. The van der Waals surface area contributed by atoms with E-state index in [-0.39, 0.29) is 11.7 Å². The fourth-order valence-electron chi connectivity index (χ4n) is 2.53. The van der Waals surface area contributed by atoms with E-state index >= 15 is 0 Å². The molecule has 0 N–H and O–H groups in total. The first kappa shape index (κ1) is 21.0. The number of rotatable bonds is 6. The Morgan fingerprint density at radius 2 is 2.18 bits per heavy atom. The molecule has 0 radical (unpaired) electrons. The van der Waals surface area contributed by atoms with Gasteiger partial charge in [0.05, 0.1) is 16.5 Å². The summed E-state index contributed by atoms with van der Waals surface area (Å²) in [6, 6.07) is 6.96. The number of hydrogen-bond donors (Lipinski definition) is 0. The van der Waals surface area contributed by atoms with Crippen LogP contribution < -0.4 is 9.47 Å². The molecule has 0 bridgehead atoms. The first-order valence-corrected chi connectivity index (χ1v) is 11.2. The van der Waals surface area contributed by atoms with Crippen LogP contribution in [0.1, 0.15) is 28.6 Å². The highest BCUT2D eigenvalue weighted by Gasteiger charge is 2.31. The number of methoxy groups -OCH3 is 1. The second-order valence-corrected chi connectivity index (χ2v) is 9.21. The van der Waals surface area contributed by atoms with Gasteiger partial charge in [-0.2, -0.15) is 0 Å². The van der Waals surface area contributed by atoms with Crippen LogP contribution in [0.4, 0.5) is 0 Å². The third-order valence-corrected chi connectivity index (χ3v) is 6.60. The molecule has 1 amide bonds. The van der Waals surface area contributed by atoms with Gasteiger partial charge in [-0.1, -0.05) is 37.0 Å². The molecule has 0 aliphatic carbocycles. The fraction of sp³-hybridized carbons (Fsp3) is 0.211. The van der Waals surface area contributed by atoms with E-state index in [4.69, 9.17) is 21.7 Å². The number of thioether (sulfide) groups is 1. The Bertz CT molecular complexity index is 956. The average Bonchev–Trinajstić information content (AvgIpc) is 3.29. The summed E-state index contributed by atoms with van der Waals surface area (Å²) < 4.78 is 12.0. The van der Waals surface area contributed by atoms with E-state index in [2.05, 4.69) is 15.9 Å². The Morgan fingerprint density at radius 1 is 1.39 bits per heavy atom. The van der Waals surface area contributed by atoms with Crippen molar-refractivity contribution in [3.63, 3.8) is 0 Å². The molecule has 0 atom stereocenters. The van der Waals surface area contributed by atoms with E-state index in [1.54, 1.807) is 40.6 Å². The van der Waals surface area contributed by atoms with Crippen LogP contribution in [0.15, 0.2) is 39.0 Å². The molecule has 1 aliphatic rings. The normalized spacial score (nSPS) is 15.4. The highest BCUT2D eigenvalue weighted by molar-refractivity contribution is 9.10. The van der Waals surface area contributed by atoms with Crippen molar-refractivity contribution in [3.05, 3.63) is 49.5 Å². The number of amides is 1. The molecule has 1 aliphatic heterocycles. The molecule has 1 fully saturated rings. The number of hydrogen-bond acceptors (Lipinski definition) is 7. The lowest BCUT2D eigenvalue weighted by Gasteiger charge is -2.12. The van der Waals surface area contributed by atoms with Crippen molar-refractivity contribution in [2.24, 2.45) is 0 Å². The number of nitrogens with zero attached hydrogens (tertiary/aromatic N) is 1. The van der Waals surface area contributed by atoms with Gasteiger partial charge in [0, 0.05) is 6.54 Å². The van der Waals surface area contributed by atoms with Gasteiger partial charge in [0.1, 0.15) is 9.20 Å². The number of ether oxygens (including phenoxy) is 2. The topological polar surface area (TPSA) is 55.8 Å². The number of thiocarbonyl (C=S) groups is 1. The van der Waals surface area contributed by atoms with Gasteiger partial charge in [-0.3, -0.25) is 9.69 Å². The van der Waals surface area contributed by atoms with Gasteiger partial charge in [-0.05, 0) is 57.6 Å². The molecule has 1 aromatic carbocycles. The standard InChI is InChI=1S/C19H16BrNO4S3/c1-3-6-21-17(22)15(28-19(21)26)10-11-8-12(20)16(13(9-11)24-2)25-18(23)14-5-4-7-27-14/h4-5,7-10H,3,6H2,1-2H3/b15-10+. The van der Waals surface area contributed by atoms with Crippen LogP contribution in [0.2, 0.25) is 0 Å². The molecule has 0 saturated carbocycles. The van der Waals surface area contributed by atoms with E-state index in [0.717, 1.165) is 12.0 Å². The molecule has 5 nitrogen and oxygen atoms in total. The number of benzene rings is 1. The maximum Gasteiger partial charge on any atom is 0.353 e. The molecule has 2 heterocycles. The molecule has 1 saturated heterocycles. The molecule has 1 aromatic heterocycles. The number of carbonyl (C=O) groups excluding carboxylic acids is 2. The zero-order valence-corrected chi connectivity index (χ0v) is 19.1. The van der Waals surface area contributed by atoms with Crippen LogP contribution >= 0.6 is 51.2 Å². The van der Waals surface area contributed by atoms with Crippen molar-refractivity contribution in [3.8, 4) is 11.5 Å². The molecule has 0 unspecified atom stereocenters. The van der Waals surface area contributed by atoms with Gasteiger partial charge in [0.2, 0.25) is 0 Å². The van der Waals surface area contributed by atoms with Crippen LogP contribution in [-0.2, 0) is 4.79 Å². The summed E-state index contributed by atoms with van der Waals surface area (Å²) in [5.74, 6) is 0.119. The molecule has 0 spiro atoms. The molecular formula is C19H16BrNO4S3. The Kier molecular flexibility index (Phi) is 6.92. The van der Waals surface area contributed by atoms with Crippen molar-refractivity contribution < 1.29 is 19.1 Å². The zero-order valence-electron chi connectivity index (χ0n) is 15.1. The fourth-order valence-corrected chi connectivity index (χ4v) is 4.98. The average molecular weight is 498 g/mol. The van der Waals surface area contributed by atoms with E-state index in [0.29, 0.717) is 30.9 Å². The SMILES string of the molecule is CCCN1C(=O)/C(=C\c2cc(Br)c(OC(=O)c3cccs3)c(OC)c2)SC1=S. The van der Waals surface area contributed by atoms with E-state index in [9.17, 15) is 9.59 Å². The van der Waals surface area contributed by atoms with Gasteiger partial charge >= 0.3 is 5.97 Å². The molecule has 28 heavy (non-hydrogen) atoms. The van der Waals surface area contributed by atoms with Gasteiger partial charge in [0.25, 0.3) is 5.91 Å². The van der Waals surface area contributed by atoms with E-state index in [1.165, 1.54) is 30.2 Å². The summed E-state index contributed by atoms with van der Waals surface area (Å²) in [6.45, 7) is 2.60. The predicted octanol–water partition coefficient (Wildman–Crippen LogP) is 5.35. The minimum absolute atomic E-state index is 0.0971. The van der Waals surface area contributed by atoms with Crippen molar-refractivity contribution in [1.82, 2.24) is 4.90 Å². The van der Waals surface area contributed by atoms with Gasteiger partial charge in [-0.15, -0.1) is 11.3 Å². The third-order valence-electron chi connectivity index (χ3n) is 3.79. The van der Waals surface area contributed by atoms with Crippen molar-refractivity contribution >= 4 is 73.5 Å². The van der Waals surface area contributed by atoms with Crippen LogP contribution in [0.5, 0.6) is 11.5 Å². The van der Waals surface area contributed by atoms with Crippen LogP contribution in [-0.4, -0.2) is 34.8 Å². The second-order valence-electron chi connectivity index (χ2n) is 5.73. The maximum atomic E-state index is 12.5.